The van der Waals surface area contributed by atoms with Gasteiger partial charge in [0.1, 0.15) is 0 Å². The molecule has 1 nitrogen and oxygen atoms in total. The maximum Gasteiger partial charge on any atom is 0.215 e. The van der Waals surface area contributed by atoms with E-state index in [0.717, 1.165) is 21.6 Å². The number of aliphatic hydroxyl groups is 1. The lowest BCUT2D eigenvalue weighted by atomic mass is 10.9. The molecule has 0 amide bonds. The molecule has 0 aliphatic carbocycles. The largest absolute Gasteiger partial charge is 0.398 e. The number of rotatable bonds is 1. The van der Waals surface area contributed by atoms with Crippen LogP contribution in [0.4, 0.5) is 0 Å². The molecule has 0 unspecified atom stereocenters. The van der Waals surface area contributed by atoms with Gasteiger partial charge in [-0.05, 0) is 0 Å². The van der Waals surface area contributed by atoms with Gasteiger partial charge in [0.15, 0.2) is 0 Å². The second kappa shape index (κ2) is 3.49. The molecule has 0 aliphatic rings. The second-order valence-corrected chi connectivity index (χ2v) is 1.72. The topological polar surface area (TPSA) is 20.2 Å². The van der Waals surface area contributed by atoms with E-state index in [-0.39, 0.29) is 0 Å². The summed E-state index contributed by atoms with van der Waals surface area (Å²) >= 11 is 1.14. The minimum absolute atomic E-state index is 0.381. The molecule has 0 spiro atoms. The van der Waals surface area contributed by atoms with Gasteiger partial charge in [-0.3, -0.25) is 0 Å². The summed E-state index contributed by atoms with van der Waals surface area (Å²) in [6.45, 7) is 0.381. The lowest BCUT2D eigenvalue weighted by molar-refractivity contribution is 0.319. The molecule has 0 saturated heterocycles. The molecule has 24 valence electrons. The minimum atomic E-state index is 0.381. The van der Waals surface area contributed by atoms with Crippen LogP contribution in [0.15, 0.2) is 0 Å². The molecular weight excluding hydrogens is 67.0 g/mol. The normalized spacial score (nSPS) is 7.25. The van der Waals surface area contributed by atoms with E-state index in [1.807, 2.05) is 0 Å². The van der Waals surface area contributed by atoms with Gasteiger partial charge in [-0.1, -0.05) is 5.28 Å². The first kappa shape index (κ1) is 4.49. The number of hydrogen-bond donors (Lipinski definition) is 1. The standard InChI is InChI=1S/C2H5O.Al.2H/c1-2-3;;;/h3H,1-2H2;;;. The maximum absolute atomic E-state index is 7.91. The fourth-order valence-electron chi connectivity index (χ4n) is 0. The molecule has 0 aromatic heterocycles. The van der Waals surface area contributed by atoms with Crippen LogP contribution in [-0.4, -0.2) is 28.0 Å². The van der Waals surface area contributed by atoms with E-state index >= 15 is 0 Å². The van der Waals surface area contributed by atoms with Crippen molar-refractivity contribution in [2.75, 3.05) is 6.61 Å². The van der Waals surface area contributed by atoms with Crippen LogP contribution in [0.2, 0.25) is 5.28 Å². The predicted molar refractivity (Wildman–Crippen MR) is 20.4 cm³/mol. The lowest BCUT2D eigenvalue weighted by Crippen LogP contribution is -1.73. The Labute approximate surface area is 34.1 Å². The fourth-order valence-corrected chi connectivity index (χ4v) is 0. The first-order valence-corrected chi connectivity index (χ1v) is 2.94. The molecule has 4 heavy (non-hydrogen) atoms. The summed E-state index contributed by atoms with van der Waals surface area (Å²) in [5.74, 6) is 0. The van der Waals surface area contributed by atoms with Crippen LogP contribution in [0.3, 0.4) is 0 Å². The minimum Gasteiger partial charge on any atom is -0.398 e. The van der Waals surface area contributed by atoms with E-state index in [2.05, 4.69) is 0 Å². The third kappa shape index (κ3) is 2.49. The highest BCUT2D eigenvalue weighted by Gasteiger charge is 1.59. The van der Waals surface area contributed by atoms with Crippen molar-refractivity contribution >= 4 is 16.3 Å². The van der Waals surface area contributed by atoms with Crippen molar-refractivity contribution < 1.29 is 5.11 Å². The molecule has 0 bridgehead atoms. The molecule has 0 aromatic carbocycles. The third-order valence-electron chi connectivity index (χ3n) is 0.224. The average Bonchev–Trinajstić information content (AvgIpc) is 1.37. The van der Waals surface area contributed by atoms with E-state index < -0.39 is 0 Å². The zero-order valence-corrected chi connectivity index (χ0v) is 4.86. The Morgan fingerprint density at radius 1 is 1.75 bits per heavy atom. The summed E-state index contributed by atoms with van der Waals surface area (Å²) in [5, 5.41) is 8.92. The van der Waals surface area contributed by atoms with E-state index in [4.69, 9.17) is 5.11 Å². The summed E-state index contributed by atoms with van der Waals surface area (Å²) in [5.41, 5.74) is 0. The lowest BCUT2D eigenvalue weighted by Gasteiger charge is -1.68. The van der Waals surface area contributed by atoms with Gasteiger partial charge >= 0.3 is 0 Å². The van der Waals surface area contributed by atoms with Gasteiger partial charge in [0, 0.05) is 6.61 Å². The van der Waals surface area contributed by atoms with Crippen LogP contribution in [0.5, 0.6) is 0 Å². The Hall–Kier alpha value is 0.492. The Morgan fingerprint density at radius 3 is 2.00 bits per heavy atom. The highest BCUT2D eigenvalue weighted by Crippen LogP contribution is 1.56. The number of hydrogen-bond acceptors (Lipinski definition) is 1. The first-order chi connectivity index (χ1) is 1.91. The molecule has 0 rings (SSSR count). The van der Waals surface area contributed by atoms with E-state index in [1.54, 1.807) is 0 Å². The van der Waals surface area contributed by atoms with E-state index in [9.17, 15) is 0 Å². The molecule has 0 aromatic rings. The van der Waals surface area contributed by atoms with Gasteiger partial charge in [0.05, 0.1) is 0 Å². The highest BCUT2D eigenvalue weighted by atomic mass is 27.0. The SMILES string of the molecule is OC[CH2][AlH2]. The quantitative estimate of drug-likeness (QED) is 0.397. The monoisotopic (exact) mass is 74.0 g/mol. The summed E-state index contributed by atoms with van der Waals surface area (Å²) < 4.78 is 0. The van der Waals surface area contributed by atoms with Crippen molar-refractivity contribution in [3.05, 3.63) is 0 Å². The zero-order valence-electron chi connectivity index (χ0n) is 2.86. The number of aliphatic hydroxyl groups excluding tert-OH is 1. The average molecular weight is 74.1 g/mol. The van der Waals surface area contributed by atoms with Gasteiger partial charge in [0.25, 0.3) is 0 Å². The van der Waals surface area contributed by atoms with Crippen LogP contribution in [0.1, 0.15) is 0 Å². The van der Waals surface area contributed by atoms with Crippen molar-refractivity contribution in [2.45, 2.75) is 5.28 Å². The van der Waals surface area contributed by atoms with Crippen LogP contribution in [0, 0.1) is 0 Å². The summed E-state index contributed by atoms with van der Waals surface area (Å²) in [7, 11) is 0. The van der Waals surface area contributed by atoms with Gasteiger partial charge in [-0.2, -0.15) is 0 Å². The first-order valence-electron chi connectivity index (χ1n) is 1.52. The Morgan fingerprint density at radius 2 is 2.00 bits per heavy atom. The Bertz CT molecular complexity index is 8.00. The molecule has 0 radical (unpaired) electrons. The Kier molecular flexibility index (Phi) is 3.92. The molecule has 1 N–H and O–H groups in total. The van der Waals surface area contributed by atoms with Gasteiger partial charge in [-0.25, -0.2) is 0 Å². The van der Waals surface area contributed by atoms with Crippen LogP contribution < -0.4 is 0 Å². The van der Waals surface area contributed by atoms with Gasteiger partial charge in [-0.15, -0.1) is 0 Å². The summed E-state index contributed by atoms with van der Waals surface area (Å²) in [6, 6.07) is 0. The van der Waals surface area contributed by atoms with Crippen molar-refractivity contribution in [3.63, 3.8) is 0 Å². The summed E-state index contributed by atoms with van der Waals surface area (Å²) in [4.78, 5) is 0. The molecule has 0 aliphatic heterocycles. The smallest absolute Gasteiger partial charge is 0.215 e. The van der Waals surface area contributed by atoms with Gasteiger partial charge in [0.2, 0.25) is 16.3 Å². The fraction of sp³-hybridized carbons (Fsp3) is 1.00. The Balaban J connectivity index is 1.97. The van der Waals surface area contributed by atoms with E-state index in [1.165, 1.54) is 0 Å². The van der Waals surface area contributed by atoms with E-state index in [0.29, 0.717) is 6.61 Å². The predicted octanol–water partition coefficient (Wildman–Crippen LogP) is -0.970. The second-order valence-electron chi connectivity index (χ2n) is 0.724. The van der Waals surface area contributed by atoms with Crippen LogP contribution >= 0.6 is 0 Å². The zero-order chi connectivity index (χ0) is 3.41. The van der Waals surface area contributed by atoms with Crippen molar-refractivity contribution in [1.82, 2.24) is 0 Å². The molecular formula is C2H7AlO. The summed E-state index contributed by atoms with van der Waals surface area (Å²) in [6.07, 6.45) is 0. The molecule has 0 fully saturated rings. The van der Waals surface area contributed by atoms with Crippen molar-refractivity contribution in [2.24, 2.45) is 0 Å². The van der Waals surface area contributed by atoms with Crippen LogP contribution in [-0.2, 0) is 0 Å². The third-order valence-corrected chi connectivity index (χ3v) is 0.671. The van der Waals surface area contributed by atoms with Crippen molar-refractivity contribution in [3.8, 4) is 0 Å². The van der Waals surface area contributed by atoms with Crippen molar-refractivity contribution in [1.29, 1.82) is 0 Å². The molecule has 0 heterocycles. The van der Waals surface area contributed by atoms with Crippen LogP contribution in [0.25, 0.3) is 0 Å². The van der Waals surface area contributed by atoms with Gasteiger partial charge < -0.3 is 5.11 Å². The molecule has 2 heteroatoms. The molecule has 0 atom stereocenters. The molecule has 0 saturated carbocycles. The maximum atomic E-state index is 7.91. The highest BCUT2D eigenvalue weighted by molar-refractivity contribution is 6.08.